The summed E-state index contributed by atoms with van der Waals surface area (Å²) in [5.41, 5.74) is 11.6. The number of ketones is 1. The number of fused-ring (bicyclic) bond motifs is 6. The minimum atomic E-state index is -5.04. The van der Waals surface area contributed by atoms with Gasteiger partial charge in [-0.1, -0.05) is 24.3 Å². The molecule has 7 aliphatic rings. The number of aryl methyl sites for hydroxylation is 2. The van der Waals surface area contributed by atoms with E-state index in [1.807, 2.05) is 46.1 Å². The Balaban J connectivity index is 0.902. The number of nitrogens with zero attached hydrogens (tertiary/aromatic N) is 1. The number of rotatable bonds is 6. The van der Waals surface area contributed by atoms with E-state index in [4.69, 9.17) is 4.74 Å². The molecule has 0 saturated heterocycles. The van der Waals surface area contributed by atoms with Gasteiger partial charge in [-0.3, -0.25) is 4.79 Å². The van der Waals surface area contributed by atoms with Gasteiger partial charge >= 0.3 is 23.3 Å². The number of benzene rings is 3. The molecule has 0 amide bonds. The highest BCUT2D eigenvalue weighted by molar-refractivity contribution is 7.25. The lowest BCUT2D eigenvalue weighted by Crippen LogP contribution is -2.63. The fraction of sp³-hybridized carbons (Fsp3) is 0.263. The van der Waals surface area contributed by atoms with E-state index in [1.165, 1.54) is 91.0 Å². The molecule has 12 heteroatoms. The van der Waals surface area contributed by atoms with E-state index in [-0.39, 0.29) is 10.8 Å². The average molecular weight is 993 g/mol. The van der Waals surface area contributed by atoms with Gasteiger partial charge in [0, 0.05) is 67.5 Å². The molecule has 5 heterocycles. The van der Waals surface area contributed by atoms with Crippen molar-refractivity contribution in [3.63, 3.8) is 0 Å². The third-order valence-electron chi connectivity index (χ3n) is 16.8. The van der Waals surface area contributed by atoms with Crippen LogP contribution in [-0.2, 0) is 15.6 Å². The van der Waals surface area contributed by atoms with E-state index in [0.29, 0.717) is 23.7 Å². The molecule has 4 saturated carbocycles. The summed E-state index contributed by atoms with van der Waals surface area (Å²) in [7, 11) is 1.68. The lowest BCUT2D eigenvalue weighted by Gasteiger charge is -2.67. The van der Waals surface area contributed by atoms with Gasteiger partial charge in [0.2, 0.25) is 5.76 Å². The number of Topliss-reactive ketones (excluding diaryl/α,β-unsaturated/α-hetero) is 1. The van der Waals surface area contributed by atoms with E-state index < -0.39 is 29.1 Å². The molecule has 69 heavy (non-hydrogen) atoms. The minimum absolute atomic E-state index is 0.116. The van der Waals surface area contributed by atoms with Crippen LogP contribution in [0.4, 0.5) is 17.6 Å². The number of aliphatic hydroxyl groups excluding tert-OH is 1. The van der Waals surface area contributed by atoms with Crippen LogP contribution >= 0.6 is 45.3 Å². The zero-order valence-corrected chi connectivity index (χ0v) is 40.8. The average Bonchev–Trinajstić information content (AvgIpc) is 4.23. The number of aromatic nitrogens is 1. The van der Waals surface area contributed by atoms with Crippen LogP contribution in [0.2, 0.25) is 0 Å². The highest BCUT2D eigenvalue weighted by Crippen LogP contribution is 2.78. The number of methoxy groups -OCH3 is 1. The van der Waals surface area contributed by atoms with E-state index in [9.17, 15) is 27.5 Å². The molecular weight excluding hydrogens is 951 g/mol. The molecule has 5 aromatic heterocycles. The van der Waals surface area contributed by atoms with Crippen molar-refractivity contribution in [2.75, 3.05) is 7.11 Å². The van der Waals surface area contributed by atoms with Crippen molar-refractivity contribution in [2.24, 2.45) is 23.7 Å². The van der Waals surface area contributed by atoms with Crippen LogP contribution in [0.25, 0.3) is 68.3 Å². The SMILES string of the molecule is COc1ccc(-c2cc3c(s2)-c2sc(-c4cc[n+](C5=C(O)C(F)(F)C(F)(F)C5=O)cc4)cc2C32C3CC4CC2CC(C3)C42c3cc(-c4ccc(C)s4)ccc3-c3ccc(-c4ccc(C)s4)cc32)cc1. The second-order valence-corrected chi connectivity index (χ2v) is 24.6. The summed E-state index contributed by atoms with van der Waals surface area (Å²) in [5.74, 6) is -11.6. The standard InChI is InChI=1S/C57H41F4NO3S4/c1-28-4-14-45(66-28)32-8-12-39-40-13-9-33(46-15-5-29(2)67-46)21-42(40)54(41(39)20-32)34-22-36-24-35(54)25-37(23-34)55(36)43-26-47(30-6-10-38(65-3)11-7-30)68-50(43)51-44(55)27-48(69-51)31-16-18-62(19-17-31)49-52(63)56(58,59)57(60,61)53(49)64/h4-21,26-27,34-37H,22-25H2,1-3H3/p+1. The van der Waals surface area contributed by atoms with Gasteiger partial charge in [-0.05, 0) is 186 Å². The molecule has 3 aromatic carbocycles. The Morgan fingerprint density at radius 3 is 1.41 bits per heavy atom. The summed E-state index contributed by atoms with van der Waals surface area (Å²) in [5, 5.41) is 10.2. The maximum Gasteiger partial charge on any atom is 0.385 e. The first-order valence-electron chi connectivity index (χ1n) is 23.4. The number of carbonyl (C=O) groups is 1. The molecule has 0 radical (unpaired) electrons. The van der Waals surface area contributed by atoms with Crippen LogP contribution in [0.3, 0.4) is 0 Å². The van der Waals surface area contributed by atoms with Crippen molar-refractivity contribution in [3.05, 3.63) is 159 Å². The zero-order valence-electron chi connectivity index (χ0n) is 37.5. The second kappa shape index (κ2) is 14.2. The normalized spacial score (nSPS) is 24.7. The first-order chi connectivity index (χ1) is 33.2. The Morgan fingerprint density at radius 2 is 0.986 bits per heavy atom. The fourth-order valence-corrected chi connectivity index (χ4v) is 18.5. The molecule has 344 valence electrons. The summed E-state index contributed by atoms with van der Waals surface area (Å²) in [4.78, 5) is 22.5. The second-order valence-electron chi connectivity index (χ2n) is 19.9. The summed E-state index contributed by atoms with van der Waals surface area (Å²) in [6.45, 7) is 4.36. The van der Waals surface area contributed by atoms with Crippen molar-refractivity contribution in [3.8, 4) is 68.4 Å². The third kappa shape index (κ3) is 5.38. The Bertz CT molecular complexity index is 3430. The number of hydrogen-bond donors (Lipinski definition) is 1. The van der Waals surface area contributed by atoms with Gasteiger partial charge in [0.15, 0.2) is 12.4 Å². The summed E-state index contributed by atoms with van der Waals surface area (Å²) < 4.78 is 63.9. The van der Waals surface area contributed by atoms with Crippen LogP contribution in [0.5, 0.6) is 5.75 Å². The van der Waals surface area contributed by atoms with Gasteiger partial charge in [-0.15, -0.1) is 45.3 Å². The molecule has 7 aliphatic carbocycles. The lowest BCUT2D eigenvalue weighted by atomic mass is 9.36. The first kappa shape index (κ1) is 42.2. The molecule has 2 spiro atoms. The van der Waals surface area contributed by atoms with Crippen molar-refractivity contribution in [2.45, 2.75) is 62.2 Å². The van der Waals surface area contributed by atoms with Gasteiger partial charge < -0.3 is 9.84 Å². The van der Waals surface area contributed by atoms with E-state index in [1.54, 1.807) is 30.6 Å². The Labute approximate surface area is 411 Å². The molecule has 0 atom stereocenters. The summed E-state index contributed by atoms with van der Waals surface area (Å²) in [6, 6.07) is 40.0. The van der Waals surface area contributed by atoms with E-state index in [0.717, 1.165) is 52.0 Å². The predicted molar refractivity (Wildman–Crippen MR) is 268 cm³/mol. The first-order valence-corrected chi connectivity index (χ1v) is 26.6. The van der Waals surface area contributed by atoms with Gasteiger partial charge in [0.1, 0.15) is 5.75 Å². The number of carbonyl (C=O) groups excluding carboxylic acids is 1. The molecule has 8 aromatic rings. The third-order valence-corrected chi connectivity index (χ3v) is 21.5. The smallest absolute Gasteiger partial charge is 0.385 e. The van der Waals surface area contributed by atoms with E-state index >= 15 is 0 Å². The van der Waals surface area contributed by atoms with E-state index in [2.05, 4.69) is 98.8 Å². The zero-order chi connectivity index (χ0) is 47.1. The molecule has 4 fully saturated rings. The molecule has 0 aliphatic heterocycles. The molecule has 4 nitrogen and oxygen atoms in total. The Morgan fingerprint density at radius 1 is 0.536 bits per heavy atom. The number of ether oxygens (including phenoxy) is 1. The number of alkyl halides is 4. The predicted octanol–water partition coefficient (Wildman–Crippen LogP) is 15.4. The van der Waals surface area contributed by atoms with Crippen molar-refractivity contribution in [1.29, 1.82) is 0 Å². The Kier molecular flexibility index (Phi) is 8.72. The topological polar surface area (TPSA) is 50.4 Å². The van der Waals surface area contributed by atoms with Crippen LogP contribution < -0.4 is 9.30 Å². The molecule has 4 bridgehead atoms. The van der Waals surface area contributed by atoms with Crippen LogP contribution in [0, 0.1) is 37.5 Å². The Hall–Kier alpha value is -5.66. The number of thiophene rings is 4. The van der Waals surface area contributed by atoms with Crippen LogP contribution in [-0.4, -0.2) is 29.8 Å². The maximum atomic E-state index is 14.4. The van der Waals surface area contributed by atoms with Crippen LogP contribution in [0.1, 0.15) is 57.7 Å². The number of allylic oxidation sites excluding steroid dienone is 2. The number of halogens is 4. The number of pyridine rings is 1. The van der Waals surface area contributed by atoms with Crippen molar-refractivity contribution in [1.82, 2.24) is 0 Å². The van der Waals surface area contributed by atoms with Gasteiger partial charge in [0.05, 0.1) is 7.11 Å². The highest BCUT2D eigenvalue weighted by atomic mass is 32.1. The van der Waals surface area contributed by atoms with Crippen molar-refractivity contribution < 1.29 is 36.8 Å². The fourth-order valence-electron chi connectivity index (χ4n) is 14.1. The van der Waals surface area contributed by atoms with Gasteiger partial charge in [0.25, 0.3) is 0 Å². The number of hydrogen-bond acceptors (Lipinski definition) is 7. The molecule has 0 unspecified atom stereocenters. The monoisotopic (exact) mass is 992 g/mol. The molecule has 1 N–H and O–H groups in total. The number of aliphatic hydroxyl groups is 1. The minimum Gasteiger partial charge on any atom is -0.501 e. The van der Waals surface area contributed by atoms with Crippen LogP contribution in [0.15, 0.2) is 127 Å². The maximum absolute atomic E-state index is 14.4. The quantitative estimate of drug-likeness (QED) is 0.133. The summed E-state index contributed by atoms with van der Waals surface area (Å²) >= 11 is 7.26. The molecule has 15 rings (SSSR count). The summed E-state index contributed by atoms with van der Waals surface area (Å²) in [6.07, 6.45) is 6.96. The highest BCUT2D eigenvalue weighted by Gasteiger charge is 2.75. The molecular formula is C57H42F4NO3S4+. The lowest BCUT2D eigenvalue weighted by molar-refractivity contribution is -0.578. The van der Waals surface area contributed by atoms with Gasteiger partial charge in [-0.2, -0.15) is 22.1 Å². The largest absolute Gasteiger partial charge is 0.501 e. The van der Waals surface area contributed by atoms with Gasteiger partial charge in [-0.25, -0.2) is 0 Å². The van der Waals surface area contributed by atoms with Crippen molar-refractivity contribution >= 4 is 56.8 Å².